The van der Waals surface area contributed by atoms with Crippen LogP contribution in [0.1, 0.15) is 11.3 Å². The molecule has 0 aliphatic heterocycles. The van der Waals surface area contributed by atoms with Crippen LogP contribution in [0.5, 0.6) is 0 Å². The van der Waals surface area contributed by atoms with Crippen molar-refractivity contribution in [1.82, 2.24) is 4.98 Å². The third kappa shape index (κ3) is 4.29. The number of halogens is 1. The molecule has 0 N–H and O–H groups in total. The van der Waals surface area contributed by atoms with Crippen LogP contribution in [0, 0.1) is 0 Å². The highest BCUT2D eigenvalue weighted by molar-refractivity contribution is 7.95. The van der Waals surface area contributed by atoms with Gasteiger partial charge < -0.3 is 4.42 Å². The second kappa shape index (κ2) is 7.55. The summed E-state index contributed by atoms with van der Waals surface area (Å²) in [5.74, 6) is 0.822. The fraction of sp³-hybridized carbons (Fsp3) is 0.0556. The summed E-state index contributed by atoms with van der Waals surface area (Å²) in [7, 11) is -3.79. The zero-order valence-electron chi connectivity index (χ0n) is 13.1. The lowest BCUT2D eigenvalue weighted by molar-refractivity contribution is 0.509. The molecule has 25 heavy (non-hydrogen) atoms. The molecule has 3 aromatic rings. The van der Waals surface area contributed by atoms with Crippen molar-refractivity contribution in [3.05, 3.63) is 88.8 Å². The van der Waals surface area contributed by atoms with Gasteiger partial charge in [-0.1, -0.05) is 35.9 Å². The van der Waals surface area contributed by atoms with Crippen molar-refractivity contribution in [3.8, 4) is 0 Å². The van der Waals surface area contributed by atoms with Gasteiger partial charge in [0.2, 0.25) is 0 Å². The molecule has 0 amide bonds. The minimum atomic E-state index is -3.79. The monoisotopic (exact) mass is 374 g/mol. The second-order valence-electron chi connectivity index (χ2n) is 5.14. The summed E-state index contributed by atoms with van der Waals surface area (Å²) in [5.41, 5.74) is 0.617. The van der Waals surface area contributed by atoms with Crippen LogP contribution < -0.4 is 4.31 Å². The van der Waals surface area contributed by atoms with Crippen molar-refractivity contribution >= 4 is 33.5 Å². The van der Waals surface area contributed by atoms with Crippen LogP contribution in [0.3, 0.4) is 0 Å². The van der Waals surface area contributed by atoms with Gasteiger partial charge in [-0.25, -0.2) is 17.7 Å². The number of pyridine rings is 1. The van der Waals surface area contributed by atoms with E-state index in [4.69, 9.17) is 16.0 Å². The number of anilines is 1. The summed E-state index contributed by atoms with van der Waals surface area (Å²) in [6.45, 7) is 0.0409. The Bertz CT molecular complexity index is 955. The number of aromatic nitrogens is 1. The molecule has 0 bridgehead atoms. The van der Waals surface area contributed by atoms with Crippen LogP contribution in [-0.4, -0.2) is 13.4 Å². The second-order valence-corrected chi connectivity index (χ2v) is 7.29. The number of sulfonamides is 1. The minimum Gasteiger partial charge on any atom is -0.467 e. The van der Waals surface area contributed by atoms with Crippen LogP contribution in [0.15, 0.2) is 76.9 Å². The average Bonchev–Trinajstić information content (AvgIpc) is 3.13. The predicted octanol–water partition coefficient (Wildman–Crippen LogP) is 4.34. The Labute approximate surface area is 151 Å². The largest absolute Gasteiger partial charge is 0.467 e. The molecule has 0 spiro atoms. The summed E-state index contributed by atoms with van der Waals surface area (Å²) >= 11 is 6.08. The molecular weight excluding hydrogens is 360 g/mol. The van der Waals surface area contributed by atoms with Crippen LogP contribution in [0.2, 0.25) is 5.02 Å². The van der Waals surface area contributed by atoms with E-state index in [0.717, 1.165) is 5.41 Å². The van der Waals surface area contributed by atoms with E-state index in [1.807, 2.05) is 0 Å². The first-order valence-corrected chi connectivity index (χ1v) is 9.33. The van der Waals surface area contributed by atoms with Gasteiger partial charge >= 0.3 is 0 Å². The van der Waals surface area contributed by atoms with Crippen molar-refractivity contribution in [3.63, 3.8) is 0 Å². The first-order valence-electron chi connectivity index (χ1n) is 7.45. The topological polar surface area (TPSA) is 63.4 Å². The average molecular weight is 375 g/mol. The fourth-order valence-corrected chi connectivity index (χ4v) is 3.53. The maximum atomic E-state index is 12.9. The highest BCUT2D eigenvalue weighted by Gasteiger charge is 2.22. The van der Waals surface area contributed by atoms with Gasteiger partial charge in [0.15, 0.2) is 0 Å². The SMILES string of the molecule is O=S(=O)(/C=C/c1ccccc1Cl)N(Cc1ccco1)c1ccccn1. The fourth-order valence-electron chi connectivity index (χ4n) is 2.19. The highest BCUT2D eigenvalue weighted by atomic mass is 35.5. The molecule has 0 saturated carbocycles. The van der Waals surface area contributed by atoms with Gasteiger partial charge in [-0.3, -0.25) is 0 Å². The van der Waals surface area contributed by atoms with E-state index in [1.165, 1.54) is 22.8 Å². The Kier molecular flexibility index (Phi) is 5.21. The van der Waals surface area contributed by atoms with Crippen molar-refractivity contribution in [1.29, 1.82) is 0 Å². The number of furan rings is 1. The van der Waals surface area contributed by atoms with Crippen molar-refractivity contribution in [2.24, 2.45) is 0 Å². The van der Waals surface area contributed by atoms with E-state index in [2.05, 4.69) is 4.98 Å². The highest BCUT2D eigenvalue weighted by Crippen LogP contribution is 2.22. The maximum absolute atomic E-state index is 12.9. The predicted molar refractivity (Wildman–Crippen MR) is 98.5 cm³/mol. The summed E-state index contributed by atoms with van der Waals surface area (Å²) in [5, 5.41) is 1.59. The third-order valence-electron chi connectivity index (χ3n) is 3.42. The Morgan fingerprint density at radius 1 is 1.08 bits per heavy atom. The lowest BCUT2D eigenvalue weighted by Gasteiger charge is -2.20. The standard InChI is InChI=1S/C18H15ClN2O3S/c19-17-8-2-1-6-15(17)10-13-25(22,23)21(14-16-7-5-12-24-16)18-9-3-4-11-20-18/h1-13H,14H2/b13-10+. The zero-order chi connectivity index (χ0) is 17.7. The van der Waals surface area contributed by atoms with E-state index < -0.39 is 10.0 Å². The van der Waals surface area contributed by atoms with Crippen LogP contribution >= 0.6 is 11.6 Å². The van der Waals surface area contributed by atoms with Crippen LogP contribution in [0.25, 0.3) is 6.08 Å². The Morgan fingerprint density at radius 3 is 2.56 bits per heavy atom. The summed E-state index contributed by atoms with van der Waals surface area (Å²) in [6, 6.07) is 15.5. The van der Waals surface area contributed by atoms with Gasteiger partial charge in [0.05, 0.1) is 18.2 Å². The van der Waals surface area contributed by atoms with Crippen molar-refractivity contribution in [2.45, 2.75) is 6.54 Å². The van der Waals surface area contributed by atoms with E-state index in [0.29, 0.717) is 22.2 Å². The molecule has 0 unspecified atom stereocenters. The first kappa shape index (κ1) is 17.3. The van der Waals surface area contributed by atoms with Crippen LogP contribution in [-0.2, 0) is 16.6 Å². The maximum Gasteiger partial charge on any atom is 0.259 e. The minimum absolute atomic E-state index is 0.0409. The van der Waals surface area contributed by atoms with Crippen molar-refractivity contribution < 1.29 is 12.8 Å². The number of rotatable bonds is 6. The van der Waals surface area contributed by atoms with Gasteiger partial charge in [0.25, 0.3) is 10.0 Å². The molecule has 0 fully saturated rings. The van der Waals surface area contributed by atoms with Crippen LogP contribution in [0.4, 0.5) is 5.82 Å². The summed E-state index contributed by atoms with van der Waals surface area (Å²) < 4.78 is 32.2. The molecule has 0 aliphatic carbocycles. The molecular formula is C18H15ClN2O3S. The zero-order valence-corrected chi connectivity index (χ0v) is 14.7. The quantitative estimate of drug-likeness (QED) is 0.644. The van der Waals surface area contributed by atoms with E-state index in [1.54, 1.807) is 54.6 Å². The molecule has 2 heterocycles. The summed E-state index contributed by atoms with van der Waals surface area (Å²) in [6.07, 6.45) is 4.51. The van der Waals surface area contributed by atoms with Gasteiger partial charge in [-0.2, -0.15) is 0 Å². The Balaban J connectivity index is 1.95. The third-order valence-corrected chi connectivity index (χ3v) is 5.17. The smallest absolute Gasteiger partial charge is 0.259 e. The summed E-state index contributed by atoms with van der Waals surface area (Å²) in [4.78, 5) is 4.14. The molecule has 0 radical (unpaired) electrons. The van der Waals surface area contributed by atoms with Gasteiger partial charge in [-0.05, 0) is 42.0 Å². The van der Waals surface area contributed by atoms with E-state index in [9.17, 15) is 8.42 Å². The van der Waals surface area contributed by atoms with E-state index in [-0.39, 0.29) is 6.54 Å². The van der Waals surface area contributed by atoms with Gasteiger partial charge in [0.1, 0.15) is 11.6 Å². The number of nitrogens with zero attached hydrogens (tertiary/aromatic N) is 2. The Hall–Kier alpha value is -2.57. The molecule has 2 aromatic heterocycles. The molecule has 128 valence electrons. The van der Waals surface area contributed by atoms with Crippen molar-refractivity contribution in [2.75, 3.05) is 4.31 Å². The first-order chi connectivity index (χ1) is 12.1. The Morgan fingerprint density at radius 2 is 1.88 bits per heavy atom. The molecule has 3 rings (SSSR count). The molecule has 0 atom stereocenters. The molecule has 0 aliphatic rings. The van der Waals surface area contributed by atoms with Gasteiger partial charge in [-0.15, -0.1) is 0 Å². The number of hydrogen-bond donors (Lipinski definition) is 0. The molecule has 0 saturated heterocycles. The normalized spacial score (nSPS) is 11.7. The molecule has 1 aromatic carbocycles. The lowest BCUT2D eigenvalue weighted by Crippen LogP contribution is -2.29. The molecule has 7 heteroatoms. The molecule has 5 nitrogen and oxygen atoms in total. The lowest BCUT2D eigenvalue weighted by atomic mass is 10.2. The van der Waals surface area contributed by atoms with E-state index >= 15 is 0 Å². The number of benzene rings is 1. The number of hydrogen-bond acceptors (Lipinski definition) is 4. The van der Waals surface area contributed by atoms with Gasteiger partial charge in [0, 0.05) is 11.2 Å².